The Morgan fingerprint density at radius 1 is 0.530 bits per heavy atom. The van der Waals surface area contributed by atoms with Crippen LogP contribution < -0.4 is 181 Å². The number of hydrogen-bond donors (Lipinski definition) is 32. The minimum Gasteiger partial charge on any atom is -0.309 e. The van der Waals surface area contributed by atoms with Gasteiger partial charge in [-0.3, -0.25) is 11.7 Å². The van der Waals surface area contributed by atoms with Crippen LogP contribution in [0.2, 0.25) is 0 Å². The van der Waals surface area contributed by atoms with Gasteiger partial charge in [-0.1, -0.05) is 150 Å². The molecule has 0 aromatic carbocycles. The van der Waals surface area contributed by atoms with E-state index in [2.05, 4.69) is 180 Å². The van der Waals surface area contributed by atoms with Crippen molar-refractivity contribution in [2.45, 2.75) is 158 Å². The van der Waals surface area contributed by atoms with E-state index in [0.717, 1.165) is 100 Å². The summed E-state index contributed by atoms with van der Waals surface area (Å²) in [6.45, 7) is 27.8. The lowest BCUT2D eigenvalue weighted by Crippen LogP contribution is -2.83. The Bertz CT molecular complexity index is 1460. The highest BCUT2D eigenvalue weighted by molar-refractivity contribution is 4.95. The molecular formula is C37H124N46. The predicted molar refractivity (Wildman–Crippen MR) is 323 cm³/mol. The highest BCUT2D eigenvalue weighted by atomic mass is 16.3. The maximum Gasteiger partial charge on any atom is 0.141 e. The van der Waals surface area contributed by atoms with Crippen LogP contribution >= 0.6 is 0 Å². The van der Waals surface area contributed by atoms with E-state index in [9.17, 15) is 0 Å². The molecule has 46 heteroatoms. The maximum atomic E-state index is 5.97. The van der Waals surface area contributed by atoms with Crippen LogP contribution in [0.25, 0.3) is 0 Å². The molecule has 0 amide bonds. The minimum atomic E-state index is -1.17. The van der Waals surface area contributed by atoms with Crippen molar-refractivity contribution < 1.29 is 0 Å². The van der Waals surface area contributed by atoms with E-state index in [1.807, 2.05) is 34.6 Å². The lowest BCUT2D eigenvalue weighted by Gasteiger charge is -2.47. The monoisotopic (exact) mass is 1210 g/mol. The topological polar surface area (TPSA) is 654 Å². The van der Waals surface area contributed by atoms with Crippen molar-refractivity contribution >= 4 is 0 Å². The summed E-state index contributed by atoms with van der Waals surface area (Å²) in [7, 11) is 8.34. The van der Waals surface area contributed by atoms with Crippen molar-refractivity contribution in [3.8, 4) is 0 Å². The zero-order valence-electron chi connectivity index (χ0n) is 52.3. The van der Waals surface area contributed by atoms with Crippen LogP contribution in [-0.2, 0) is 0 Å². The second-order valence-electron chi connectivity index (χ2n) is 18.2. The van der Waals surface area contributed by atoms with Crippen molar-refractivity contribution in [1.82, 2.24) is 160 Å². The van der Waals surface area contributed by atoms with Crippen molar-refractivity contribution in [2.24, 2.45) is 97.6 Å². The number of likely N-dealkylation sites (N-methyl/N-ethyl adjacent to an activating group) is 1. The summed E-state index contributed by atoms with van der Waals surface area (Å²) in [6, 6.07) is 0. The van der Waals surface area contributed by atoms with Crippen molar-refractivity contribution in [3.05, 3.63) is 24.3 Å². The molecule has 0 saturated carbocycles. The molecule has 0 spiro atoms. The molecule has 2 heterocycles. The third kappa shape index (κ3) is 41.4. The first-order chi connectivity index (χ1) is 39.1. The van der Waals surface area contributed by atoms with Gasteiger partial charge < -0.3 is 78.6 Å². The fourth-order valence-electron chi connectivity index (χ4n) is 6.15. The Morgan fingerprint density at radius 3 is 1.20 bits per heavy atom. The van der Waals surface area contributed by atoms with Gasteiger partial charge in [-0.25, -0.2) is 11.7 Å². The smallest absolute Gasteiger partial charge is 0.141 e. The molecule has 48 N–H and O–H groups in total. The SMILES string of the molecule is C=C(CC)CN(C)C.CC.CC.CC/C=C/C(C)(C)CN(C)C.CCCCCCN1NN(C(N)N)N(C(N)N)N(N)NNNNN(C(N)N)NN1NNN.CCCCN1NN(C(N)N)N(C(N)N)N(N)NNNNN(C(N)N)NN1NNN. The standard InChI is InChI=1S/C10H21N.C9H40N22.C7H36N22.C7H15N.2C2H6/c1-6-7-8-10(2,3)9-11(4)5;1-2-3-4-5-6-26-24-28(8(12)13)29(9(14)15)30(17)23-20-19-22-27(7(10)11)25-31(26)21-18-16;1-2-3-4-24-22-26(6(10)11)27(7(12)13)28(15)21-18-17-20-25(5(8)9)23-29(24)19-16-14;1-5-7(2)6-8(3)4;2*1-2/h7-8H,6,9H2,1-5H3;7-9,18-25H,2-6,10-17H2,1H3;5-7,16-23H,2-4,8-15H2,1H3;2,5-6H2,1,3-4H3;2*1-2H3/b8-7+;;;;;. The minimum absolute atomic E-state index is 0.319. The number of hydrazine groups is 32. The van der Waals surface area contributed by atoms with Gasteiger partial charge in [0.1, 0.15) is 37.7 Å². The van der Waals surface area contributed by atoms with E-state index < -0.39 is 37.7 Å². The Morgan fingerprint density at radius 2 is 0.916 bits per heavy atom. The molecule has 2 saturated heterocycles. The molecule has 0 aliphatic carbocycles. The number of nitrogens with zero attached hydrogens (tertiary/aromatic N) is 14. The first-order valence-electron chi connectivity index (χ1n) is 27.3. The summed E-state index contributed by atoms with van der Waals surface area (Å²) in [5.41, 5.74) is 113. The van der Waals surface area contributed by atoms with E-state index in [-0.39, 0.29) is 0 Å². The molecular weight excluding hydrogens is 1090 g/mol. The number of unbranched alkanes of at least 4 members (excludes halogenated alkanes) is 4. The average Bonchev–Trinajstić information content (AvgIpc) is 3.57. The van der Waals surface area contributed by atoms with Gasteiger partial charge in [-0.15, -0.1) is 63.9 Å². The molecule has 0 bridgehead atoms. The van der Waals surface area contributed by atoms with Crippen LogP contribution in [0.3, 0.4) is 0 Å². The summed E-state index contributed by atoms with van der Waals surface area (Å²) >= 11 is 0. The molecule has 2 fully saturated rings. The van der Waals surface area contributed by atoms with E-state index in [1.165, 1.54) is 31.4 Å². The molecule has 0 unspecified atom stereocenters. The van der Waals surface area contributed by atoms with Crippen LogP contribution in [0.1, 0.15) is 121 Å². The summed E-state index contributed by atoms with van der Waals surface area (Å²) in [6.07, 6.45) is 5.44. The highest BCUT2D eigenvalue weighted by Gasteiger charge is 2.34. The number of nitrogens with one attached hydrogen (secondary N) is 16. The van der Waals surface area contributed by atoms with Crippen molar-refractivity contribution in [1.29, 1.82) is 0 Å². The number of hydrogen-bond acceptors (Lipinski definition) is 46. The van der Waals surface area contributed by atoms with Gasteiger partial charge >= 0.3 is 0 Å². The first kappa shape index (κ1) is 87.1. The zero-order valence-corrected chi connectivity index (χ0v) is 52.3. The Kier molecular flexibility index (Phi) is 55.3. The third-order valence-corrected chi connectivity index (χ3v) is 9.58. The number of allylic oxidation sites excluding steroid dienone is 1. The number of rotatable bonds is 25. The summed E-state index contributed by atoms with van der Waals surface area (Å²) in [4.78, 5) is 4.35. The van der Waals surface area contributed by atoms with Gasteiger partial charge in [0.05, 0.1) is 0 Å². The third-order valence-electron chi connectivity index (χ3n) is 9.58. The normalized spacial score (nSPS) is 18.5. The lowest BCUT2D eigenvalue weighted by molar-refractivity contribution is -0.342. The second-order valence-corrected chi connectivity index (χ2v) is 18.2. The van der Waals surface area contributed by atoms with E-state index >= 15 is 0 Å². The summed E-state index contributed by atoms with van der Waals surface area (Å²) in [5.74, 6) is 22.7. The van der Waals surface area contributed by atoms with E-state index in [4.69, 9.17) is 92.2 Å². The average molecular weight is 1210 g/mol. The van der Waals surface area contributed by atoms with Crippen LogP contribution in [0.15, 0.2) is 24.3 Å². The van der Waals surface area contributed by atoms with Crippen LogP contribution in [0.5, 0.6) is 0 Å². The van der Waals surface area contributed by atoms with Crippen molar-refractivity contribution in [3.63, 3.8) is 0 Å². The summed E-state index contributed by atoms with van der Waals surface area (Å²) in [5, 5.41) is 14.0. The van der Waals surface area contributed by atoms with Gasteiger partial charge in [0.2, 0.25) is 0 Å². The molecule has 0 atom stereocenters. The Hall–Kier alpha value is -2.36. The van der Waals surface area contributed by atoms with Gasteiger partial charge in [0.15, 0.2) is 0 Å². The molecule has 0 aromatic heterocycles. The second kappa shape index (κ2) is 52.7. The number of nitrogens with two attached hydrogens (primary N) is 16. The van der Waals surface area contributed by atoms with Crippen molar-refractivity contribution in [2.75, 3.05) is 54.4 Å². The fourth-order valence-corrected chi connectivity index (χ4v) is 6.15. The van der Waals surface area contributed by atoms with E-state index in [0.29, 0.717) is 18.5 Å². The Labute approximate surface area is 493 Å². The van der Waals surface area contributed by atoms with Crippen LogP contribution in [-0.4, -0.2) is 164 Å². The molecule has 2 aliphatic rings. The molecule has 46 nitrogen and oxygen atoms in total. The largest absolute Gasteiger partial charge is 0.309 e. The fraction of sp³-hybridized carbons (Fsp3) is 0.892. The van der Waals surface area contributed by atoms with Gasteiger partial charge in [-0.05, 0) is 59.3 Å². The van der Waals surface area contributed by atoms with Crippen LogP contribution in [0.4, 0.5) is 0 Å². The molecule has 2 aliphatic heterocycles. The first-order valence-corrected chi connectivity index (χ1v) is 27.3. The highest BCUT2D eigenvalue weighted by Crippen LogP contribution is 2.17. The molecule has 83 heavy (non-hydrogen) atoms. The molecule has 2 rings (SSSR count). The van der Waals surface area contributed by atoms with E-state index in [1.54, 1.807) is 0 Å². The predicted octanol–water partition coefficient (Wildman–Crippen LogP) is -12.1. The van der Waals surface area contributed by atoms with Gasteiger partial charge in [0.25, 0.3) is 0 Å². The molecule has 502 valence electrons. The van der Waals surface area contributed by atoms with Gasteiger partial charge in [-0.2, -0.15) is 55.3 Å². The zero-order chi connectivity index (χ0) is 64.8. The van der Waals surface area contributed by atoms with Gasteiger partial charge in [0, 0.05) is 26.2 Å². The Balaban J connectivity index is -0.000000549. The maximum absolute atomic E-state index is 5.97. The quantitative estimate of drug-likeness (QED) is 0.0133. The molecule has 0 aromatic rings. The lowest BCUT2D eigenvalue weighted by atomic mass is 9.92. The van der Waals surface area contributed by atoms with Crippen LogP contribution in [0, 0.1) is 5.41 Å². The summed E-state index contributed by atoms with van der Waals surface area (Å²) < 4.78 is 0. The molecule has 0 radical (unpaired) electrons.